The van der Waals surface area contributed by atoms with Gasteiger partial charge in [-0.15, -0.1) is 0 Å². The zero-order valence-corrected chi connectivity index (χ0v) is 15.9. The number of hydrogen-bond donors (Lipinski definition) is 1. The van der Waals surface area contributed by atoms with Gasteiger partial charge in [0.2, 0.25) is 5.91 Å². The van der Waals surface area contributed by atoms with Crippen molar-refractivity contribution >= 4 is 23.8 Å². The Morgan fingerprint density at radius 1 is 0.923 bits per heavy atom. The van der Waals surface area contributed by atoms with Crippen molar-refractivity contribution < 1.29 is 38.1 Å². The van der Waals surface area contributed by atoms with Gasteiger partial charge in [-0.3, -0.25) is 19.2 Å². The summed E-state index contributed by atoms with van der Waals surface area (Å²) in [6, 6.07) is -0.727. The van der Waals surface area contributed by atoms with E-state index in [0.29, 0.717) is 0 Å². The van der Waals surface area contributed by atoms with Crippen LogP contribution in [0.1, 0.15) is 41.5 Å². The molecule has 9 nitrogen and oxygen atoms in total. The minimum atomic E-state index is -1.04. The molecule has 148 valence electrons. The predicted octanol–water partition coefficient (Wildman–Crippen LogP) is 0.341. The van der Waals surface area contributed by atoms with Gasteiger partial charge in [-0.1, -0.05) is 13.8 Å². The molecule has 1 heterocycles. The van der Waals surface area contributed by atoms with E-state index < -0.39 is 48.4 Å². The average Bonchev–Trinajstić information content (AvgIpc) is 2.47. The predicted molar refractivity (Wildman–Crippen MR) is 88.8 cm³/mol. The lowest BCUT2D eigenvalue weighted by molar-refractivity contribution is -0.229. The summed E-state index contributed by atoms with van der Waals surface area (Å²) in [7, 11) is 0. The van der Waals surface area contributed by atoms with Crippen LogP contribution in [0.3, 0.4) is 0 Å². The Morgan fingerprint density at radius 3 is 1.88 bits per heavy atom. The van der Waals surface area contributed by atoms with E-state index in [1.165, 1.54) is 27.7 Å². The molecular formula is C17H27NO8. The molecule has 0 spiro atoms. The Bertz CT molecular complexity index is 547. The quantitative estimate of drug-likeness (QED) is 0.523. The smallest absolute Gasteiger partial charge is 0.303 e. The maximum atomic E-state index is 11.7. The van der Waals surface area contributed by atoms with Crippen molar-refractivity contribution in [1.82, 2.24) is 5.32 Å². The van der Waals surface area contributed by atoms with Crippen LogP contribution in [-0.4, -0.2) is 60.9 Å². The van der Waals surface area contributed by atoms with Crippen molar-refractivity contribution in [3.63, 3.8) is 0 Å². The second kappa shape index (κ2) is 9.51. The highest BCUT2D eigenvalue weighted by molar-refractivity contribution is 5.73. The molecule has 0 aliphatic carbocycles. The van der Waals surface area contributed by atoms with Crippen LogP contribution in [0.25, 0.3) is 0 Å². The third-order valence-electron chi connectivity index (χ3n) is 3.81. The number of ether oxygens (including phenoxy) is 4. The highest BCUT2D eigenvalue weighted by atomic mass is 16.6. The van der Waals surface area contributed by atoms with E-state index in [1.54, 1.807) is 0 Å². The molecule has 1 amide bonds. The largest absolute Gasteiger partial charge is 0.463 e. The average molecular weight is 373 g/mol. The SMILES string of the molecule is CC(=O)NC1C(OC(C)=O)[C@H](OC(C)=O)C(COC(C)=O)O[C@H]1C(C)C. The third kappa shape index (κ3) is 6.29. The van der Waals surface area contributed by atoms with Gasteiger partial charge in [-0.05, 0) is 5.92 Å². The number of amides is 1. The Hall–Kier alpha value is -2.16. The van der Waals surface area contributed by atoms with E-state index in [-0.39, 0.29) is 18.4 Å². The minimum Gasteiger partial charge on any atom is -0.463 e. The van der Waals surface area contributed by atoms with Gasteiger partial charge in [-0.25, -0.2) is 0 Å². The number of esters is 3. The van der Waals surface area contributed by atoms with Crippen LogP contribution in [0.4, 0.5) is 0 Å². The van der Waals surface area contributed by atoms with Gasteiger partial charge in [0.25, 0.3) is 0 Å². The number of hydrogen-bond acceptors (Lipinski definition) is 8. The first-order valence-corrected chi connectivity index (χ1v) is 8.43. The number of rotatable bonds is 6. The molecule has 0 radical (unpaired) electrons. The Labute approximate surface area is 152 Å². The fourth-order valence-electron chi connectivity index (χ4n) is 2.94. The van der Waals surface area contributed by atoms with Crippen LogP contribution in [0.15, 0.2) is 0 Å². The summed E-state index contributed by atoms with van der Waals surface area (Å²) < 4.78 is 21.7. The van der Waals surface area contributed by atoms with Gasteiger partial charge in [0.05, 0.1) is 12.1 Å². The van der Waals surface area contributed by atoms with Crippen molar-refractivity contribution in [3.05, 3.63) is 0 Å². The molecule has 1 N–H and O–H groups in total. The normalized spacial score (nSPS) is 28.2. The molecule has 5 atom stereocenters. The van der Waals surface area contributed by atoms with Crippen LogP contribution in [0.5, 0.6) is 0 Å². The second-order valence-electron chi connectivity index (χ2n) is 6.56. The maximum Gasteiger partial charge on any atom is 0.303 e. The van der Waals surface area contributed by atoms with E-state index in [2.05, 4.69) is 5.32 Å². The van der Waals surface area contributed by atoms with Crippen LogP contribution < -0.4 is 5.32 Å². The number of carbonyl (C=O) groups is 4. The second-order valence-corrected chi connectivity index (χ2v) is 6.56. The van der Waals surface area contributed by atoms with E-state index in [0.717, 1.165) is 0 Å². The lowest BCUT2D eigenvalue weighted by Crippen LogP contribution is -2.67. The molecule has 0 bridgehead atoms. The lowest BCUT2D eigenvalue weighted by atomic mass is 9.87. The summed E-state index contributed by atoms with van der Waals surface area (Å²) in [6.07, 6.45) is -3.41. The van der Waals surface area contributed by atoms with Crippen molar-refractivity contribution in [2.24, 2.45) is 5.92 Å². The monoisotopic (exact) mass is 373 g/mol. The molecule has 1 aliphatic heterocycles. The summed E-state index contributed by atoms with van der Waals surface area (Å²) in [6.45, 7) is 8.56. The zero-order chi connectivity index (χ0) is 20.0. The Balaban J connectivity index is 3.27. The molecule has 0 aromatic carbocycles. The third-order valence-corrected chi connectivity index (χ3v) is 3.81. The van der Waals surface area contributed by atoms with Crippen molar-refractivity contribution in [1.29, 1.82) is 0 Å². The number of carbonyl (C=O) groups excluding carboxylic acids is 4. The fourth-order valence-corrected chi connectivity index (χ4v) is 2.94. The van der Waals surface area contributed by atoms with Crippen molar-refractivity contribution in [2.75, 3.05) is 6.61 Å². The summed E-state index contributed by atoms with van der Waals surface area (Å²) in [5.74, 6) is -2.15. The highest BCUT2D eigenvalue weighted by Gasteiger charge is 2.51. The van der Waals surface area contributed by atoms with E-state index in [1.807, 2.05) is 13.8 Å². The van der Waals surface area contributed by atoms with Gasteiger partial charge in [0.15, 0.2) is 12.2 Å². The Morgan fingerprint density at radius 2 is 1.46 bits per heavy atom. The standard InChI is InChI=1S/C17H27NO8/c1-8(2)15-14(18-9(3)19)17(25-12(6)22)16(24-11(5)21)13(26-15)7-23-10(4)20/h8,13-17H,7H2,1-6H3,(H,18,19)/t13?,14?,15-,16+,17?/m0/s1. The van der Waals surface area contributed by atoms with Crippen LogP contribution in [0, 0.1) is 5.92 Å². The summed E-state index contributed by atoms with van der Waals surface area (Å²) in [4.78, 5) is 46.0. The number of nitrogens with one attached hydrogen (secondary N) is 1. The summed E-state index contributed by atoms with van der Waals surface area (Å²) in [5.41, 5.74) is 0. The van der Waals surface area contributed by atoms with Crippen LogP contribution in [-0.2, 0) is 38.1 Å². The van der Waals surface area contributed by atoms with Crippen molar-refractivity contribution in [2.45, 2.75) is 72.0 Å². The zero-order valence-electron chi connectivity index (χ0n) is 15.9. The lowest BCUT2D eigenvalue weighted by Gasteiger charge is -2.46. The molecule has 0 saturated carbocycles. The van der Waals surface area contributed by atoms with Gasteiger partial charge in [0.1, 0.15) is 12.7 Å². The summed E-state index contributed by atoms with van der Waals surface area (Å²) >= 11 is 0. The van der Waals surface area contributed by atoms with E-state index >= 15 is 0 Å². The van der Waals surface area contributed by atoms with Gasteiger partial charge < -0.3 is 24.3 Å². The highest BCUT2D eigenvalue weighted by Crippen LogP contribution is 2.30. The van der Waals surface area contributed by atoms with Gasteiger partial charge >= 0.3 is 17.9 Å². The molecule has 3 unspecified atom stereocenters. The molecule has 0 aromatic rings. The molecular weight excluding hydrogens is 346 g/mol. The first kappa shape index (κ1) is 21.9. The van der Waals surface area contributed by atoms with E-state index in [4.69, 9.17) is 18.9 Å². The first-order chi connectivity index (χ1) is 12.0. The van der Waals surface area contributed by atoms with Crippen LogP contribution >= 0.6 is 0 Å². The fraction of sp³-hybridized carbons (Fsp3) is 0.765. The molecule has 9 heteroatoms. The van der Waals surface area contributed by atoms with Gasteiger partial charge in [0, 0.05) is 27.7 Å². The van der Waals surface area contributed by atoms with E-state index in [9.17, 15) is 19.2 Å². The van der Waals surface area contributed by atoms with Crippen LogP contribution in [0.2, 0.25) is 0 Å². The minimum absolute atomic E-state index is 0.0667. The molecule has 1 saturated heterocycles. The molecule has 1 aliphatic rings. The topological polar surface area (TPSA) is 117 Å². The first-order valence-electron chi connectivity index (χ1n) is 8.43. The van der Waals surface area contributed by atoms with Crippen molar-refractivity contribution in [3.8, 4) is 0 Å². The molecule has 1 fully saturated rings. The maximum absolute atomic E-state index is 11.7. The summed E-state index contributed by atoms with van der Waals surface area (Å²) in [5, 5.41) is 2.72. The molecule has 0 aromatic heterocycles. The molecule has 26 heavy (non-hydrogen) atoms. The van der Waals surface area contributed by atoms with Gasteiger partial charge in [-0.2, -0.15) is 0 Å². The molecule has 1 rings (SSSR count). The Kier molecular flexibility index (Phi) is 8.01.